The first kappa shape index (κ1) is 22.3. The van der Waals surface area contributed by atoms with E-state index in [2.05, 4.69) is 105 Å². The van der Waals surface area contributed by atoms with Crippen molar-refractivity contribution in [1.82, 2.24) is 19.1 Å². The van der Waals surface area contributed by atoms with Gasteiger partial charge in [0.2, 0.25) is 0 Å². The van der Waals surface area contributed by atoms with E-state index in [0.717, 1.165) is 55.6 Å². The van der Waals surface area contributed by atoms with Crippen LogP contribution in [0.15, 0.2) is 128 Å². The van der Waals surface area contributed by atoms with Crippen LogP contribution in [0.2, 0.25) is 0 Å². The highest BCUT2D eigenvalue weighted by Crippen LogP contribution is 2.37. The van der Waals surface area contributed by atoms with Gasteiger partial charge in [-0.3, -0.25) is 9.55 Å². The topological polar surface area (TPSA) is 59.4 Å². The van der Waals surface area contributed by atoms with Crippen molar-refractivity contribution < 1.29 is 0 Å². The van der Waals surface area contributed by atoms with Gasteiger partial charge in [-0.25, -0.2) is 4.98 Å². The molecule has 0 atom stereocenters. The van der Waals surface area contributed by atoms with Crippen molar-refractivity contribution >= 4 is 43.9 Å². The molecular formula is C35H21N5. The van der Waals surface area contributed by atoms with E-state index in [4.69, 9.17) is 4.98 Å². The van der Waals surface area contributed by atoms with Crippen molar-refractivity contribution in [3.63, 3.8) is 0 Å². The van der Waals surface area contributed by atoms with Crippen molar-refractivity contribution in [1.29, 1.82) is 5.26 Å². The highest BCUT2D eigenvalue weighted by molar-refractivity contribution is 6.09. The molecule has 8 rings (SSSR count). The van der Waals surface area contributed by atoms with Crippen LogP contribution in [0.5, 0.6) is 0 Å². The zero-order valence-electron chi connectivity index (χ0n) is 21.4. The third kappa shape index (κ3) is 3.20. The van der Waals surface area contributed by atoms with Crippen molar-refractivity contribution in [2.45, 2.75) is 0 Å². The zero-order valence-corrected chi connectivity index (χ0v) is 21.4. The lowest BCUT2D eigenvalue weighted by Gasteiger charge is -2.15. The lowest BCUT2D eigenvalue weighted by Crippen LogP contribution is -2.00. The number of nitriles is 1. The standard InChI is InChI=1S/C35H21N5/c36-22-23-16-17-32(40-33-15-7-18-37-34(33)28-12-6-19-38-35(28)40)29(20-23)24-8-5-9-25(21-24)39-30-13-3-1-10-26(30)27-11-2-4-14-31(27)39/h1-21H. The average molecular weight is 512 g/mol. The highest BCUT2D eigenvalue weighted by Gasteiger charge is 2.18. The van der Waals surface area contributed by atoms with Crippen molar-refractivity contribution in [3.8, 4) is 28.6 Å². The van der Waals surface area contributed by atoms with E-state index in [0.29, 0.717) is 5.56 Å². The molecule has 0 saturated heterocycles. The van der Waals surface area contributed by atoms with Crippen LogP contribution in [-0.4, -0.2) is 19.1 Å². The minimum Gasteiger partial charge on any atom is -0.309 e. The van der Waals surface area contributed by atoms with Gasteiger partial charge in [-0.1, -0.05) is 48.5 Å². The molecule has 4 aromatic heterocycles. The summed E-state index contributed by atoms with van der Waals surface area (Å²) < 4.78 is 4.47. The van der Waals surface area contributed by atoms with Crippen LogP contribution in [0.1, 0.15) is 5.56 Å². The quantitative estimate of drug-likeness (QED) is 0.240. The van der Waals surface area contributed by atoms with Crippen LogP contribution in [0.25, 0.3) is 66.4 Å². The van der Waals surface area contributed by atoms with E-state index in [9.17, 15) is 5.26 Å². The van der Waals surface area contributed by atoms with Crippen molar-refractivity contribution in [3.05, 3.63) is 133 Å². The molecule has 0 spiro atoms. The Morgan fingerprint density at radius 1 is 0.575 bits per heavy atom. The van der Waals surface area contributed by atoms with E-state index in [1.165, 1.54) is 10.8 Å². The number of hydrogen-bond donors (Lipinski definition) is 0. The molecule has 5 heteroatoms. The summed E-state index contributed by atoms with van der Waals surface area (Å²) in [5.74, 6) is 0. The largest absolute Gasteiger partial charge is 0.309 e. The maximum atomic E-state index is 9.83. The van der Waals surface area contributed by atoms with Crippen LogP contribution >= 0.6 is 0 Å². The van der Waals surface area contributed by atoms with Gasteiger partial charge in [0.1, 0.15) is 5.65 Å². The molecule has 4 aromatic carbocycles. The van der Waals surface area contributed by atoms with Crippen LogP contribution in [-0.2, 0) is 0 Å². The number of fused-ring (bicyclic) bond motifs is 6. The van der Waals surface area contributed by atoms with Gasteiger partial charge in [0.15, 0.2) is 0 Å². The average Bonchev–Trinajstić information content (AvgIpc) is 3.54. The van der Waals surface area contributed by atoms with Crippen molar-refractivity contribution in [2.75, 3.05) is 0 Å². The number of pyridine rings is 2. The molecule has 0 radical (unpaired) electrons. The minimum atomic E-state index is 0.605. The van der Waals surface area contributed by atoms with Crippen LogP contribution in [0, 0.1) is 11.3 Å². The van der Waals surface area contributed by atoms with E-state index in [-0.39, 0.29) is 0 Å². The summed E-state index contributed by atoms with van der Waals surface area (Å²) in [5, 5.41) is 13.3. The summed E-state index contributed by atoms with van der Waals surface area (Å²) in [6, 6.07) is 41.8. The van der Waals surface area contributed by atoms with E-state index >= 15 is 0 Å². The molecule has 0 amide bonds. The molecule has 0 fully saturated rings. The van der Waals surface area contributed by atoms with Gasteiger partial charge in [-0.2, -0.15) is 5.26 Å². The zero-order chi connectivity index (χ0) is 26.6. The molecule has 0 aliphatic carbocycles. The number of aromatic nitrogens is 4. The van der Waals surface area contributed by atoms with E-state index < -0.39 is 0 Å². The molecule has 0 aliphatic heterocycles. The molecule has 0 unspecified atom stereocenters. The summed E-state index contributed by atoms with van der Waals surface area (Å²) in [6.45, 7) is 0. The molecule has 186 valence electrons. The first-order valence-corrected chi connectivity index (χ1v) is 13.2. The predicted octanol–water partition coefficient (Wildman–Crippen LogP) is 8.21. The summed E-state index contributed by atoms with van der Waals surface area (Å²) >= 11 is 0. The predicted molar refractivity (Wildman–Crippen MR) is 161 cm³/mol. The molecule has 0 saturated carbocycles. The third-order valence-corrected chi connectivity index (χ3v) is 7.64. The molecule has 0 aliphatic rings. The summed E-state index contributed by atoms with van der Waals surface area (Å²) in [7, 11) is 0. The number of nitrogens with zero attached hydrogens (tertiary/aromatic N) is 5. The summed E-state index contributed by atoms with van der Waals surface area (Å²) in [6.07, 6.45) is 3.62. The van der Waals surface area contributed by atoms with Crippen LogP contribution < -0.4 is 0 Å². The second-order valence-corrected chi connectivity index (χ2v) is 9.84. The van der Waals surface area contributed by atoms with Gasteiger partial charge in [-0.05, 0) is 72.3 Å². The Labute approximate surface area is 229 Å². The Morgan fingerprint density at radius 3 is 2.08 bits per heavy atom. The second-order valence-electron chi connectivity index (χ2n) is 9.84. The van der Waals surface area contributed by atoms with E-state index in [1.807, 2.05) is 42.7 Å². The lowest BCUT2D eigenvalue weighted by molar-refractivity contribution is 1.13. The van der Waals surface area contributed by atoms with Gasteiger partial charge in [-0.15, -0.1) is 0 Å². The monoisotopic (exact) mass is 511 g/mol. The Kier molecular flexibility index (Phi) is 4.82. The molecule has 0 N–H and O–H groups in total. The highest BCUT2D eigenvalue weighted by atomic mass is 15.1. The number of rotatable bonds is 3. The van der Waals surface area contributed by atoms with Gasteiger partial charge in [0.25, 0.3) is 0 Å². The molecule has 4 heterocycles. The van der Waals surface area contributed by atoms with Gasteiger partial charge < -0.3 is 4.57 Å². The van der Waals surface area contributed by atoms with Gasteiger partial charge in [0.05, 0.1) is 39.4 Å². The van der Waals surface area contributed by atoms with Crippen LogP contribution in [0.3, 0.4) is 0 Å². The molecular weight excluding hydrogens is 490 g/mol. The number of benzene rings is 4. The maximum absolute atomic E-state index is 9.83. The molecule has 8 aromatic rings. The normalized spacial score (nSPS) is 11.5. The number of para-hydroxylation sites is 2. The minimum absolute atomic E-state index is 0.605. The molecule has 5 nitrogen and oxygen atoms in total. The van der Waals surface area contributed by atoms with Crippen molar-refractivity contribution in [2.24, 2.45) is 0 Å². The van der Waals surface area contributed by atoms with Gasteiger partial charge in [0, 0.05) is 39.8 Å². The first-order chi connectivity index (χ1) is 19.8. The molecule has 0 bridgehead atoms. The Balaban J connectivity index is 1.42. The maximum Gasteiger partial charge on any atom is 0.147 e. The fourth-order valence-electron chi connectivity index (χ4n) is 5.95. The fraction of sp³-hybridized carbons (Fsp3) is 0. The summed E-state index contributed by atoms with van der Waals surface area (Å²) in [5.41, 5.74) is 9.61. The number of hydrogen-bond acceptors (Lipinski definition) is 3. The van der Waals surface area contributed by atoms with E-state index in [1.54, 1.807) is 0 Å². The third-order valence-electron chi connectivity index (χ3n) is 7.64. The Morgan fingerprint density at radius 2 is 1.27 bits per heavy atom. The smallest absolute Gasteiger partial charge is 0.147 e. The van der Waals surface area contributed by atoms with Crippen LogP contribution in [0.4, 0.5) is 0 Å². The Bertz CT molecular complexity index is 2190. The Hall–Kier alpha value is -5.73. The lowest BCUT2D eigenvalue weighted by atomic mass is 10.00. The first-order valence-electron chi connectivity index (χ1n) is 13.2. The fourth-order valence-corrected chi connectivity index (χ4v) is 5.95. The second kappa shape index (κ2) is 8.65. The summed E-state index contributed by atoms with van der Waals surface area (Å²) in [4.78, 5) is 9.43. The SMILES string of the molecule is N#Cc1ccc(-n2c3cccnc3c3cccnc32)c(-c2cccc(-n3c4ccccc4c4ccccc43)c2)c1. The van der Waals surface area contributed by atoms with Gasteiger partial charge >= 0.3 is 0 Å². The molecule has 40 heavy (non-hydrogen) atoms.